The summed E-state index contributed by atoms with van der Waals surface area (Å²) in [7, 11) is 0. The Kier molecular flexibility index (Phi) is 5.12. The summed E-state index contributed by atoms with van der Waals surface area (Å²) in [5.41, 5.74) is 2.65. The maximum atomic E-state index is 13.0. The Hall–Kier alpha value is -3.12. The number of aromatic carboxylic acids is 1. The molecule has 0 fully saturated rings. The molecule has 0 unspecified atom stereocenters. The lowest BCUT2D eigenvalue weighted by Gasteiger charge is -2.10. The highest BCUT2D eigenvalue weighted by Gasteiger charge is 2.30. The van der Waals surface area contributed by atoms with E-state index in [1.807, 2.05) is 30.3 Å². The Bertz CT molecular complexity index is 1260. The largest absolute Gasteiger partial charge is 0.478 e. The molecule has 0 radical (unpaired) electrons. The van der Waals surface area contributed by atoms with Gasteiger partial charge in [-0.2, -0.15) is 13.2 Å². The van der Waals surface area contributed by atoms with Crippen LogP contribution in [0.3, 0.4) is 0 Å². The highest BCUT2D eigenvalue weighted by atomic mass is 32.1. The van der Waals surface area contributed by atoms with Gasteiger partial charge in [-0.05, 0) is 52.8 Å². The van der Waals surface area contributed by atoms with E-state index in [2.05, 4.69) is 0 Å². The van der Waals surface area contributed by atoms with Crippen LogP contribution in [-0.2, 0) is 12.6 Å². The van der Waals surface area contributed by atoms with Gasteiger partial charge in [0.25, 0.3) is 0 Å². The number of carboxylic acids is 1. The van der Waals surface area contributed by atoms with E-state index in [-0.39, 0.29) is 5.56 Å². The molecule has 3 aromatic carbocycles. The van der Waals surface area contributed by atoms with E-state index in [0.717, 1.165) is 32.2 Å². The lowest BCUT2D eigenvalue weighted by Crippen LogP contribution is -2.05. The van der Waals surface area contributed by atoms with Gasteiger partial charge in [0, 0.05) is 16.0 Å². The van der Waals surface area contributed by atoms with Crippen LogP contribution in [0.5, 0.6) is 0 Å². The van der Waals surface area contributed by atoms with Gasteiger partial charge in [-0.3, -0.25) is 0 Å². The van der Waals surface area contributed by atoms with Crippen LogP contribution in [0, 0.1) is 6.92 Å². The molecule has 152 valence electrons. The second-order valence-corrected chi connectivity index (χ2v) is 8.23. The number of carbonyl (C=O) groups is 1. The van der Waals surface area contributed by atoms with Crippen molar-refractivity contribution in [2.45, 2.75) is 19.5 Å². The first-order chi connectivity index (χ1) is 14.2. The van der Waals surface area contributed by atoms with E-state index in [9.17, 15) is 23.1 Å². The zero-order valence-electron chi connectivity index (χ0n) is 16.0. The SMILES string of the molecule is Cc1c(C(=O)O)cccc1-c1cccc2cc(Cc3cccc(C(F)(F)F)c3)sc12. The predicted molar refractivity (Wildman–Crippen MR) is 113 cm³/mol. The molecule has 6 heteroatoms. The summed E-state index contributed by atoms with van der Waals surface area (Å²) < 4.78 is 40.0. The lowest BCUT2D eigenvalue weighted by molar-refractivity contribution is -0.137. The van der Waals surface area contributed by atoms with Crippen molar-refractivity contribution in [1.82, 2.24) is 0 Å². The summed E-state index contributed by atoms with van der Waals surface area (Å²) >= 11 is 1.52. The monoisotopic (exact) mass is 426 g/mol. The second-order valence-electron chi connectivity index (χ2n) is 7.09. The van der Waals surface area contributed by atoms with E-state index >= 15 is 0 Å². The highest BCUT2D eigenvalue weighted by Crippen LogP contribution is 2.38. The molecular weight excluding hydrogens is 409 g/mol. The molecule has 0 amide bonds. The van der Waals surface area contributed by atoms with Crippen molar-refractivity contribution in [2.75, 3.05) is 0 Å². The van der Waals surface area contributed by atoms with Gasteiger partial charge in [0.2, 0.25) is 0 Å². The van der Waals surface area contributed by atoms with E-state index in [0.29, 0.717) is 17.5 Å². The normalized spacial score (nSPS) is 11.7. The molecule has 0 aliphatic rings. The number of alkyl halides is 3. The first-order valence-corrected chi connectivity index (χ1v) is 10.1. The molecule has 0 bridgehead atoms. The van der Waals surface area contributed by atoms with Gasteiger partial charge >= 0.3 is 12.1 Å². The van der Waals surface area contributed by atoms with Crippen LogP contribution in [0.15, 0.2) is 66.7 Å². The maximum Gasteiger partial charge on any atom is 0.416 e. The average Bonchev–Trinajstić information content (AvgIpc) is 3.10. The van der Waals surface area contributed by atoms with Crippen LogP contribution in [-0.4, -0.2) is 11.1 Å². The maximum absolute atomic E-state index is 13.0. The molecule has 4 rings (SSSR count). The van der Waals surface area contributed by atoms with Gasteiger partial charge in [0.15, 0.2) is 0 Å². The minimum Gasteiger partial charge on any atom is -0.478 e. The number of fused-ring (bicyclic) bond motifs is 1. The molecule has 30 heavy (non-hydrogen) atoms. The van der Waals surface area contributed by atoms with Gasteiger partial charge in [-0.1, -0.05) is 48.5 Å². The van der Waals surface area contributed by atoms with Crippen molar-refractivity contribution >= 4 is 27.4 Å². The molecule has 0 saturated carbocycles. The van der Waals surface area contributed by atoms with Crippen molar-refractivity contribution in [1.29, 1.82) is 0 Å². The summed E-state index contributed by atoms with van der Waals surface area (Å²) in [5.74, 6) is -0.974. The molecule has 0 aliphatic heterocycles. The number of rotatable bonds is 4. The Balaban J connectivity index is 1.76. The van der Waals surface area contributed by atoms with E-state index in [4.69, 9.17) is 0 Å². The van der Waals surface area contributed by atoms with Gasteiger partial charge in [-0.15, -0.1) is 11.3 Å². The van der Waals surface area contributed by atoms with Crippen LogP contribution < -0.4 is 0 Å². The van der Waals surface area contributed by atoms with Crippen LogP contribution in [0.25, 0.3) is 21.2 Å². The summed E-state index contributed by atoms with van der Waals surface area (Å²) in [6.07, 6.45) is -3.97. The summed E-state index contributed by atoms with van der Waals surface area (Å²) in [4.78, 5) is 12.4. The molecule has 1 N–H and O–H groups in total. The fraction of sp³-hybridized carbons (Fsp3) is 0.125. The smallest absolute Gasteiger partial charge is 0.416 e. The Morgan fingerprint density at radius 2 is 1.67 bits per heavy atom. The number of hydrogen-bond donors (Lipinski definition) is 1. The fourth-order valence-corrected chi connectivity index (χ4v) is 4.85. The van der Waals surface area contributed by atoms with Crippen LogP contribution >= 0.6 is 11.3 Å². The van der Waals surface area contributed by atoms with Crippen molar-refractivity contribution in [3.63, 3.8) is 0 Å². The first-order valence-electron chi connectivity index (χ1n) is 9.25. The quantitative estimate of drug-likeness (QED) is 0.375. The molecule has 2 nitrogen and oxygen atoms in total. The van der Waals surface area contributed by atoms with Crippen LogP contribution in [0.1, 0.15) is 31.9 Å². The Morgan fingerprint density at radius 1 is 0.967 bits per heavy atom. The number of carboxylic acid groups (broad SMARTS) is 1. The van der Waals surface area contributed by atoms with Gasteiger partial charge in [-0.25, -0.2) is 4.79 Å². The fourth-order valence-electron chi connectivity index (χ4n) is 3.63. The molecule has 0 aliphatic carbocycles. The van der Waals surface area contributed by atoms with Crippen molar-refractivity contribution in [3.05, 3.63) is 93.9 Å². The molecule has 0 saturated heterocycles. The molecular formula is C24H17F3O2S. The van der Waals surface area contributed by atoms with Gasteiger partial charge in [0.1, 0.15) is 0 Å². The zero-order valence-corrected chi connectivity index (χ0v) is 16.8. The standard InChI is InChI=1S/C24H17F3O2S/c1-14-19(8-4-9-20(14)23(28)29)21-10-3-6-16-13-18(30-22(16)21)12-15-5-2-7-17(11-15)24(25,26)27/h2-11,13H,12H2,1H3,(H,28,29). The molecule has 1 heterocycles. The van der Waals surface area contributed by atoms with Crippen molar-refractivity contribution in [2.24, 2.45) is 0 Å². The van der Waals surface area contributed by atoms with Gasteiger partial charge in [0.05, 0.1) is 11.1 Å². The van der Waals surface area contributed by atoms with Gasteiger partial charge < -0.3 is 5.11 Å². The van der Waals surface area contributed by atoms with E-state index < -0.39 is 17.7 Å². The number of thiophene rings is 1. The molecule has 0 atom stereocenters. The predicted octanol–water partition coefficient (Wildman–Crippen LogP) is 7.18. The molecule has 4 aromatic rings. The summed E-state index contributed by atoms with van der Waals surface area (Å²) in [6, 6.07) is 18.4. The lowest BCUT2D eigenvalue weighted by atomic mass is 9.96. The van der Waals surface area contributed by atoms with Crippen molar-refractivity contribution < 1.29 is 23.1 Å². The first kappa shape index (κ1) is 20.2. The van der Waals surface area contributed by atoms with Crippen LogP contribution in [0.4, 0.5) is 13.2 Å². The topological polar surface area (TPSA) is 37.3 Å². The zero-order chi connectivity index (χ0) is 21.5. The van der Waals surface area contributed by atoms with Crippen molar-refractivity contribution in [3.8, 4) is 11.1 Å². The summed E-state index contributed by atoms with van der Waals surface area (Å²) in [5, 5.41) is 10.4. The Morgan fingerprint density at radius 3 is 2.40 bits per heavy atom. The third-order valence-corrected chi connectivity index (χ3v) is 6.27. The number of hydrogen-bond acceptors (Lipinski definition) is 2. The minimum absolute atomic E-state index is 0.255. The summed E-state index contributed by atoms with van der Waals surface area (Å²) in [6.45, 7) is 1.79. The Labute approximate surface area is 175 Å². The van der Waals surface area contributed by atoms with Crippen LogP contribution in [0.2, 0.25) is 0 Å². The third-order valence-electron chi connectivity index (χ3n) is 5.08. The number of halogens is 3. The minimum atomic E-state index is -4.37. The third kappa shape index (κ3) is 3.83. The van der Waals surface area contributed by atoms with E-state index in [1.165, 1.54) is 23.5 Å². The highest BCUT2D eigenvalue weighted by molar-refractivity contribution is 7.19. The molecule has 0 spiro atoms. The second kappa shape index (κ2) is 7.61. The molecule has 1 aromatic heterocycles. The average molecular weight is 426 g/mol. The number of benzene rings is 3. The van der Waals surface area contributed by atoms with E-state index in [1.54, 1.807) is 25.1 Å².